The van der Waals surface area contributed by atoms with E-state index >= 15 is 0 Å². The number of hydrogen-bond donors (Lipinski definition) is 2. The molecule has 0 aliphatic heterocycles. The smallest absolute Gasteiger partial charge is 0.329 e. The van der Waals surface area contributed by atoms with Crippen molar-refractivity contribution < 1.29 is 0 Å². The van der Waals surface area contributed by atoms with E-state index in [9.17, 15) is 9.59 Å². The van der Waals surface area contributed by atoms with Crippen LogP contribution in [0.2, 0.25) is 0 Å². The Morgan fingerprint density at radius 2 is 2.08 bits per heavy atom. The van der Waals surface area contributed by atoms with Crippen LogP contribution in [0.15, 0.2) is 38.3 Å². The molecule has 0 radical (unpaired) electrons. The molecule has 3 rings (SSSR count). The van der Waals surface area contributed by atoms with Crippen LogP contribution in [0.25, 0.3) is 11.2 Å². The molecule has 0 spiro atoms. The van der Waals surface area contributed by atoms with Crippen molar-refractivity contribution in [3.05, 3.63) is 55.1 Å². The second-order valence-electron chi connectivity index (χ2n) is 6.37. The number of aromatic nitrogens is 4. The van der Waals surface area contributed by atoms with E-state index in [0.717, 1.165) is 16.6 Å². The fraction of sp³-hybridized carbons (Fsp3) is 0.353. The molecule has 9 heteroatoms. The lowest BCUT2D eigenvalue weighted by atomic mass is 10.2. The maximum atomic E-state index is 12.5. The molecule has 1 aromatic carbocycles. The van der Waals surface area contributed by atoms with E-state index in [2.05, 4.69) is 36.1 Å². The first-order valence-electron chi connectivity index (χ1n) is 8.19. The summed E-state index contributed by atoms with van der Waals surface area (Å²) in [6.07, 6.45) is 0. The number of hydrogen-bond acceptors (Lipinski definition) is 5. The molecule has 0 fully saturated rings. The van der Waals surface area contributed by atoms with Gasteiger partial charge in [0.05, 0.1) is 6.54 Å². The van der Waals surface area contributed by atoms with Crippen LogP contribution in [0.5, 0.6) is 0 Å². The zero-order valence-corrected chi connectivity index (χ0v) is 16.5. The van der Waals surface area contributed by atoms with Crippen LogP contribution in [-0.2, 0) is 13.6 Å². The van der Waals surface area contributed by atoms with Gasteiger partial charge < -0.3 is 10.2 Å². The van der Waals surface area contributed by atoms with Crippen LogP contribution >= 0.6 is 15.9 Å². The van der Waals surface area contributed by atoms with Gasteiger partial charge in [-0.05, 0) is 31.8 Å². The lowest BCUT2D eigenvalue weighted by Crippen LogP contribution is -2.29. The summed E-state index contributed by atoms with van der Waals surface area (Å²) in [5.74, 6) is 0.563. The normalized spacial score (nSPS) is 11.4. The van der Waals surface area contributed by atoms with Gasteiger partial charge in [0.2, 0.25) is 5.95 Å². The summed E-state index contributed by atoms with van der Waals surface area (Å²) in [4.78, 5) is 33.3. The number of benzene rings is 1. The van der Waals surface area contributed by atoms with Gasteiger partial charge in [-0.3, -0.25) is 18.9 Å². The highest BCUT2D eigenvalue weighted by molar-refractivity contribution is 9.10. The molecular formula is C17H21BrN6O2. The summed E-state index contributed by atoms with van der Waals surface area (Å²) in [7, 11) is 5.57. The fourth-order valence-electron chi connectivity index (χ4n) is 2.73. The lowest BCUT2D eigenvalue weighted by Gasteiger charge is -2.13. The molecule has 3 aromatic rings. The van der Waals surface area contributed by atoms with Gasteiger partial charge in [0.15, 0.2) is 11.2 Å². The highest BCUT2D eigenvalue weighted by Gasteiger charge is 2.17. The van der Waals surface area contributed by atoms with Crippen LogP contribution < -0.4 is 16.6 Å². The summed E-state index contributed by atoms with van der Waals surface area (Å²) in [6, 6.07) is 7.86. The Morgan fingerprint density at radius 1 is 1.31 bits per heavy atom. The van der Waals surface area contributed by atoms with Gasteiger partial charge in [0, 0.05) is 24.6 Å². The third-order valence-corrected chi connectivity index (χ3v) is 4.57. The zero-order chi connectivity index (χ0) is 18.8. The highest BCUT2D eigenvalue weighted by atomic mass is 79.9. The van der Waals surface area contributed by atoms with Crippen molar-refractivity contribution in [2.45, 2.75) is 6.54 Å². The van der Waals surface area contributed by atoms with Gasteiger partial charge in [-0.15, -0.1) is 0 Å². The number of rotatable bonds is 6. The summed E-state index contributed by atoms with van der Waals surface area (Å²) >= 11 is 3.47. The van der Waals surface area contributed by atoms with E-state index in [4.69, 9.17) is 0 Å². The Hall–Kier alpha value is -2.39. The lowest BCUT2D eigenvalue weighted by molar-refractivity contribution is 0.424. The van der Waals surface area contributed by atoms with Gasteiger partial charge in [0.25, 0.3) is 5.56 Å². The molecule has 0 aliphatic carbocycles. The molecule has 2 heterocycles. The van der Waals surface area contributed by atoms with Crippen LogP contribution in [0.4, 0.5) is 5.95 Å². The molecule has 0 bridgehead atoms. The number of likely N-dealkylation sites (N-methyl/N-ethyl adjacent to an activating group) is 1. The average Bonchev–Trinajstić information content (AvgIpc) is 2.92. The first kappa shape index (κ1) is 18.4. The summed E-state index contributed by atoms with van der Waals surface area (Å²) < 4.78 is 4.12. The largest absolute Gasteiger partial charge is 0.354 e. The van der Waals surface area contributed by atoms with Crippen molar-refractivity contribution in [1.82, 2.24) is 24.0 Å². The molecule has 8 nitrogen and oxygen atoms in total. The van der Waals surface area contributed by atoms with Crippen LogP contribution in [0, 0.1) is 0 Å². The third kappa shape index (κ3) is 3.73. The highest BCUT2D eigenvalue weighted by Crippen LogP contribution is 2.19. The number of H-pyrrole nitrogens is 1. The SMILES string of the molecule is CN(C)CCNc1nc2c(c(=O)[nH]c(=O)n2C)n1Cc1cccc(Br)c1. The number of halogens is 1. The summed E-state index contributed by atoms with van der Waals surface area (Å²) in [5.41, 5.74) is 0.837. The van der Waals surface area contributed by atoms with Crippen LogP contribution in [0.3, 0.4) is 0 Å². The van der Waals surface area contributed by atoms with Crippen LogP contribution in [-0.4, -0.2) is 51.2 Å². The quantitative estimate of drug-likeness (QED) is 0.625. The minimum absolute atomic E-state index is 0.362. The van der Waals surface area contributed by atoms with Crippen LogP contribution in [0.1, 0.15) is 5.56 Å². The second kappa shape index (κ2) is 7.46. The van der Waals surface area contributed by atoms with Crippen molar-refractivity contribution in [3.8, 4) is 0 Å². The molecule has 0 saturated heterocycles. The molecule has 0 unspecified atom stereocenters. The molecule has 0 atom stereocenters. The summed E-state index contributed by atoms with van der Waals surface area (Å²) in [6.45, 7) is 1.94. The van der Waals surface area contributed by atoms with Gasteiger partial charge in [-0.25, -0.2) is 4.79 Å². The molecule has 0 amide bonds. The van der Waals surface area contributed by atoms with E-state index in [1.54, 1.807) is 7.05 Å². The molecule has 138 valence electrons. The zero-order valence-electron chi connectivity index (χ0n) is 14.9. The van der Waals surface area contributed by atoms with E-state index in [-0.39, 0.29) is 0 Å². The van der Waals surface area contributed by atoms with Crippen molar-refractivity contribution in [2.75, 3.05) is 32.5 Å². The first-order valence-corrected chi connectivity index (χ1v) is 8.98. The van der Waals surface area contributed by atoms with Gasteiger partial charge in [-0.1, -0.05) is 28.1 Å². The molecule has 26 heavy (non-hydrogen) atoms. The fourth-order valence-corrected chi connectivity index (χ4v) is 3.18. The van der Waals surface area contributed by atoms with Crippen molar-refractivity contribution in [1.29, 1.82) is 0 Å². The van der Waals surface area contributed by atoms with Gasteiger partial charge >= 0.3 is 5.69 Å². The molecule has 2 N–H and O–H groups in total. The van der Waals surface area contributed by atoms with Crippen molar-refractivity contribution in [3.63, 3.8) is 0 Å². The molecular weight excluding hydrogens is 400 g/mol. The minimum atomic E-state index is -0.477. The predicted molar refractivity (Wildman–Crippen MR) is 106 cm³/mol. The number of anilines is 1. The maximum Gasteiger partial charge on any atom is 0.329 e. The predicted octanol–water partition coefficient (Wildman–Crippen LogP) is 1.21. The van der Waals surface area contributed by atoms with Crippen molar-refractivity contribution >= 4 is 33.0 Å². The number of imidazole rings is 1. The number of nitrogens with zero attached hydrogens (tertiary/aromatic N) is 4. The number of nitrogens with one attached hydrogen (secondary N) is 2. The number of aryl methyl sites for hydroxylation is 1. The molecule has 2 aromatic heterocycles. The van der Waals surface area contributed by atoms with Crippen molar-refractivity contribution in [2.24, 2.45) is 7.05 Å². The van der Waals surface area contributed by atoms with E-state index in [0.29, 0.717) is 30.2 Å². The Labute approximate surface area is 158 Å². The summed E-state index contributed by atoms with van der Waals surface area (Å²) in [5, 5.41) is 3.27. The average molecular weight is 421 g/mol. The first-order chi connectivity index (χ1) is 12.4. The Kier molecular flexibility index (Phi) is 5.28. The van der Waals surface area contributed by atoms with E-state index in [1.807, 2.05) is 42.9 Å². The Balaban J connectivity index is 2.11. The molecule has 0 saturated carbocycles. The third-order valence-electron chi connectivity index (χ3n) is 4.08. The topological polar surface area (TPSA) is 88.0 Å². The van der Waals surface area contributed by atoms with E-state index < -0.39 is 11.2 Å². The Morgan fingerprint density at radius 3 is 2.77 bits per heavy atom. The van der Waals surface area contributed by atoms with Gasteiger partial charge in [0.1, 0.15) is 0 Å². The molecule has 0 aliphatic rings. The number of aromatic amines is 1. The Bertz CT molecular complexity index is 1050. The second-order valence-corrected chi connectivity index (χ2v) is 7.29. The number of fused-ring (bicyclic) bond motifs is 1. The standard InChI is InChI=1S/C17H21BrN6O2/c1-22(2)8-7-19-16-20-14-13(15(25)21-17(26)23(14)3)24(16)10-11-5-4-6-12(18)9-11/h4-6,9H,7-8,10H2,1-3H3,(H,19,20)(H,21,25,26). The minimum Gasteiger partial charge on any atom is -0.354 e. The van der Waals surface area contributed by atoms with E-state index in [1.165, 1.54) is 4.57 Å². The monoisotopic (exact) mass is 420 g/mol. The maximum absolute atomic E-state index is 12.5. The van der Waals surface area contributed by atoms with Gasteiger partial charge in [-0.2, -0.15) is 4.98 Å².